The molecule has 2 rings (SSSR count). The Morgan fingerprint density at radius 3 is 2.67 bits per heavy atom. The van der Waals surface area contributed by atoms with Gasteiger partial charge in [-0.05, 0) is 24.7 Å². The minimum absolute atomic E-state index is 0.105. The Morgan fingerprint density at radius 1 is 1.46 bits per heavy atom. The van der Waals surface area contributed by atoms with Crippen molar-refractivity contribution >= 4 is 35.6 Å². The van der Waals surface area contributed by atoms with Gasteiger partial charge >= 0.3 is 0 Å². The fraction of sp³-hybridized carbons (Fsp3) is 0.438. The van der Waals surface area contributed by atoms with Gasteiger partial charge in [0.2, 0.25) is 0 Å². The predicted octanol–water partition coefficient (Wildman–Crippen LogP) is 2.05. The second-order valence-corrected chi connectivity index (χ2v) is 9.24. The van der Waals surface area contributed by atoms with E-state index < -0.39 is 7.14 Å². The Kier molecular flexibility index (Phi) is 6.33. The van der Waals surface area contributed by atoms with E-state index in [4.69, 9.17) is 27.8 Å². The Labute approximate surface area is 147 Å². The molecule has 0 saturated carbocycles. The minimum atomic E-state index is -2.39. The van der Waals surface area contributed by atoms with Crippen LogP contribution in [-0.4, -0.2) is 49.8 Å². The van der Waals surface area contributed by atoms with Gasteiger partial charge in [0.1, 0.15) is 24.4 Å². The zero-order chi connectivity index (χ0) is 17.7. The molecule has 0 amide bonds. The quantitative estimate of drug-likeness (QED) is 0.470. The Bertz CT molecular complexity index is 693. The molecular formula is C16H24ClN4O2P. The molecule has 0 spiro atoms. The van der Waals surface area contributed by atoms with E-state index in [9.17, 15) is 4.57 Å². The maximum atomic E-state index is 13.3. The van der Waals surface area contributed by atoms with Crippen molar-refractivity contribution < 1.29 is 9.30 Å². The van der Waals surface area contributed by atoms with Crippen molar-refractivity contribution in [2.45, 2.75) is 6.92 Å². The highest BCUT2D eigenvalue weighted by Crippen LogP contribution is 2.47. The van der Waals surface area contributed by atoms with E-state index in [0.717, 1.165) is 24.9 Å². The lowest BCUT2D eigenvalue weighted by Gasteiger charge is -2.31. The van der Waals surface area contributed by atoms with Crippen LogP contribution in [-0.2, 0) is 4.57 Å². The summed E-state index contributed by atoms with van der Waals surface area (Å²) in [7, 11) is -0.848. The number of hydrogen-bond donors (Lipinski definition) is 2. The number of hydrogen-bond acceptors (Lipinski definition) is 5. The molecule has 132 valence electrons. The number of amidine groups is 1. The third-order valence-electron chi connectivity index (χ3n) is 4.27. The van der Waals surface area contributed by atoms with E-state index in [1.54, 1.807) is 19.2 Å². The topological polar surface area (TPSA) is 93.9 Å². The summed E-state index contributed by atoms with van der Waals surface area (Å²) in [6, 6.07) is 5.40. The molecule has 0 atom stereocenters. The largest absolute Gasteiger partial charge is 0.494 e. The van der Waals surface area contributed by atoms with Crippen molar-refractivity contribution in [3.63, 3.8) is 0 Å². The summed E-state index contributed by atoms with van der Waals surface area (Å²) in [5.74, 6) is 0.623. The van der Waals surface area contributed by atoms with Crippen LogP contribution >= 0.6 is 18.7 Å². The number of nitrogens with two attached hydrogens (primary N) is 2. The van der Waals surface area contributed by atoms with Crippen molar-refractivity contribution in [3.05, 3.63) is 29.4 Å². The lowest BCUT2D eigenvalue weighted by molar-refractivity contribution is 0.312. The molecular weight excluding hydrogens is 347 g/mol. The maximum absolute atomic E-state index is 13.3. The van der Waals surface area contributed by atoms with Gasteiger partial charge in [-0.3, -0.25) is 0 Å². The molecule has 1 heterocycles. The van der Waals surface area contributed by atoms with Crippen LogP contribution in [0.4, 0.5) is 5.69 Å². The zero-order valence-corrected chi connectivity index (χ0v) is 15.7. The molecule has 0 unspecified atom stereocenters. The summed E-state index contributed by atoms with van der Waals surface area (Å²) < 4.78 is 18.7. The number of rotatable bonds is 5. The molecule has 4 N–H and O–H groups in total. The van der Waals surface area contributed by atoms with Crippen molar-refractivity contribution in [1.29, 1.82) is 0 Å². The number of nitrogens with zero attached hydrogens (tertiary/aromatic N) is 2. The van der Waals surface area contributed by atoms with E-state index in [1.807, 2.05) is 6.07 Å². The van der Waals surface area contributed by atoms with E-state index in [2.05, 4.69) is 16.8 Å². The van der Waals surface area contributed by atoms with Crippen molar-refractivity contribution in [2.24, 2.45) is 16.5 Å². The average Bonchev–Trinajstić information content (AvgIpc) is 2.61. The van der Waals surface area contributed by atoms with Gasteiger partial charge in [-0.15, -0.1) is 0 Å². The van der Waals surface area contributed by atoms with Crippen LogP contribution in [0.15, 0.2) is 34.4 Å². The predicted molar refractivity (Wildman–Crippen MR) is 101 cm³/mol. The third kappa shape index (κ3) is 4.12. The summed E-state index contributed by atoms with van der Waals surface area (Å²) in [4.78, 5) is 6.54. The van der Waals surface area contributed by atoms with Gasteiger partial charge in [-0.25, -0.2) is 4.99 Å². The van der Waals surface area contributed by atoms with Crippen molar-refractivity contribution in [1.82, 2.24) is 4.90 Å². The van der Waals surface area contributed by atoms with Gasteiger partial charge in [0.15, 0.2) is 0 Å². The fourth-order valence-corrected chi connectivity index (χ4v) is 5.38. The molecule has 1 fully saturated rings. The molecule has 8 heteroatoms. The molecule has 1 saturated heterocycles. The minimum Gasteiger partial charge on any atom is -0.494 e. The van der Waals surface area contributed by atoms with E-state index in [-0.39, 0.29) is 10.9 Å². The Balaban J connectivity index is 2.31. The van der Waals surface area contributed by atoms with Crippen LogP contribution in [0.25, 0.3) is 0 Å². The van der Waals surface area contributed by atoms with Gasteiger partial charge in [0.05, 0.1) is 12.1 Å². The van der Waals surface area contributed by atoms with Gasteiger partial charge in [-0.2, -0.15) is 0 Å². The SMILES string of the molecule is CCN1CCP(=O)(c2ccc(N=C(N)/C(Cl)=C\N)c(OC)c2)CC1. The van der Waals surface area contributed by atoms with E-state index >= 15 is 0 Å². The van der Waals surface area contributed by atoms with Crippen LogP contribution in [0.1, 0.15) is 6.92 Å². The van der Waals surface area contributed by atoms with Gasteiger partial charge < -0.3 is 25.7 Å². The van der Waals surface area contributed by atoms with E-state index in [0.29, 0.717) is 23.8 Å². The van der Waals surface area contributed by atoms with E-state index in [1.165, 1.54) is 6.20 Å². The van der Waals surface area contributed by atoms with Gasteiger partial charge in [0, 0.05) is 36.9 Å². The lowest BCUT2D eigenvalue weighted by Crippen LogP contribution is -2.36. The maximum Gasteiger partial charge on any atom is 0.145 e. The van der Waals surface area contributed by atoms with Gasteiger partial charge in [0.25, 0.3) is 0 Å². The summed E-state index contributed by atoms with van der Waals surface area (Å²) in [6.07, 6.45) is 2.56. The smallest absolute Gasteiger partial charge is 0.145 e. The highest BCUT2D eigenvalue weighted by atomic mass is 35.5. The number of aliphatic imine (C=N–C) groups is 1. The first-order valence-electron chi connectivity index (χ1n) is 7.84. The monoisotopic (exact) mass is 370 g/mol. The van der Waals surface area contributed by atoms with Crippen LogP contribution in [0.5, 0.6) is 5.75 Å². The summed E-state index contributed by atoms with van der Waals surface area (Å²) in [6.45, 7) is 4.84. The molecule has 1 aliphatic heterocycles. The highest BCUT2D eigenvalue weighted by molar-refractivity contribution is 7.71. The Morgan fingerprint density at radius 2 is 2.12 bits per heavy atom. The molecule has 24 heavy (non-hydrogen) atoms. The highest BCUT2D eigenvalue weighted by Gasteiger charge is 2.30. The molecule has 0 aliphatic carbocycles. The molecule has 1 aliphatic rings. The number of halogens is 1. The number of methoxy groups -OCH3 is 1. The molecule has 1 aromatic carbocycles. The van der Waals surface area contributed by atoms with Crippen LogP contribution in [0, 0.1) is 0 Å². The first-order chi connectivity index (χ1) is 11.4. The van der Waals surface area contributed by atoms with Crippen LogP contribution in [0.3, 0.4) is 0 Å². The van der Waals surface area contributed by atoms with Crippen LogP contribution < -0.4 is 21.5 Å². The first-order valence-corrected chi connectivity index (χ1v) is 10.3. The first kappa shape index (κ1) is 18.8. The summed E-state index contributed by atoms with van der Waals surface area (Å²) in [5.41, 5.74) is 11.6. The van der Waals surface area contributed by atoms with Crippen molar-refractivity contribution in [2.75, 3.05) is 39.1 Å². The molecule has 0 aromatic heterocycles. The second kappa shape index (κ2) is 8.06. The number of ether oxygens (including phenoxy) is 1. The summed E-state index contributed by atoms with van der Waals surface area (Å²) in [5, 5.41) is 0.994. The Hall–Kier alpha value is -1.49. The molecule has 0 bridgehead atoms. The normalized spacial score (nSPS) is 19.3. The van der Waals surface area contributed by atoms with Gasteiger partial charge in [-0.1, -0.05) is 18.5 Å². The standard InChI is InChI=1S/C16H24ClN4O2P/c1-3-21-6-8-24(22,9-7-21)12-4-5-14(15(10-12)23-2)20-16(19)13(17)11-18/h4-5,10-11H,3,6-9,18H2,1-2H3,(H2,19,20)/b13-11+. The number of benzene rings is 1. The second-order valence-electron chi connectivity index (χ2n) is 5.64. The third-order valence-corrected chi connectivity index (χ3v) is 7.65. The molecule has 0 radical (unpaired) electrons. The average molecular weight is 371 g/mol. The van der Waals surface area contributed by atoms with Crippen LogP contribution in [0.2, 0.25) is 0 Å². The molecule has 6 nitrogen and oxygen atoms in total. The lowest BCUT2D eigenvalue weighted by atomic mass is 10.3. The van der Waals surface area contributed by atoms with Crippen molar-refractivity contribution in [3.8, 4) is 5.75 Å². The fourth-order valence-electron chi connectivity index (χ4n) is 2.68. The molecule has 1 aromatic rings. The zero-order valence-electron chi connectivity index (χ0n) is 14.0. The summed E-state index contributed by atoms with van der Waals surface area (Å²) >= 11 is 5.85.